The second-order valence-corrected chi connectivity index (χ2v) is 12.8. The molecule has 2 aromatic carbocycles. The zero-order valence-corrected chi connectivity index (χ0v) is 26.7. The lowest BCUT2D eigenvalue weighted by Crippen LogP contribution is -2.52. The highest BCUT2D eigenvalue weighted by Crippen LogP contribution is 2.42. The summed E-state index contributed by atoms with van der Waals surface area (Å²) >= 11 is 13.8. The molecule has 14 heteroatoms. The molecule has 0 bridgehead atoms. The van der Waals surface area contributed by atoms with Gasteiger partial charge < -0.3 is 19.2 Å². The molecule has 6 rings (SSSR count). The number of aromatic amines is 1. The van der Waals surface area contributed by atoms with Crippen molar-refractivity contribution in [1.29, 1.82) is 5.41 Å². The van der Waals surface area contributed by atoms with Crippen LogP contribution < -0.4 is 5.49 Å². The third-order valence-corrected chi connectivity index (χ3v) is 8.42. The number of hydrogen-bond acceptors (Lipinski definition) is 8. The van der Waals surface area contributed by atoms with Crippen LogP contribution in [0.4, 0.5) is 4.79 Å². The predicted octanol–water partition coefficient (Wildman–Crippen LogP) is 5.07. The van der Waals surface area contributed by atoms with Crippen molar-refractivity contribution in [2.75, 3.05) is 26.2 Å². The minimum atomic E-state index is -0.575. The fourth-order valence-corrected chi connectivity index (χ4v) is 6.20. The first-order valence-electron chi connectivity index (χ1n) is 14.6. The lowest BCUT2D eigenvalue weighted by atomic mass is 9.91. The molecule has 4 heterocycles. The highest BCUT2D eigenvalue weighted by atomic mass is 35.5. The minimum absolute atomic E-state index is 0.121. The first-order valence-corrected chi connectivity index (χ1v) is 15.4. The summed E-state index contributed by atoms with van der Waals surface area (Å²) in [6.45, 7) is 8.08. The van der Waals surface area contributed by atoms with Gasteiger partial charge in [-0.15, -0.1) is 5.10 Å². The first-order chi connectivity index (χ1) is 21.6. The fourth-order valence-electron chi connectivity index (χ4n) is 5.70. The number of piperazine rings is 1. The number of fused-ring (bicyclic) bond motifs is 1. The number of aromatic nitrogens is 7. The van der Waals surface area contributed by atoms with Crippen LogP contribution in [-0.2, 0) is 11.3 Å². The molecule has 0 aliphatic carbocycles. The Morgan fingerprint density at radius 3 is 2.27 bits per heavy atom. The van der Waals surface area contributed by atoms with Gasteiger partial charge in [-0.2, -0.15) is 0 Å². The van der Waals surface area contributed by atoms with Crippen molar-refractivity contribution in [3.63, 3.8) is 0 Å². The quantitative estimate of drug-likeness (QED) is 0.252. The molecule has 0 saturated carbocycles. The Balaban J connectivity index is 1.38. The van der Waals surface area contributed by atoms with E-state index >= 15 is 0 Å². The third kappa shape index (κ3) is 6.58. The predicted molar refractivity (Wildman–Crippen MR) is 170 cm³/mol. The summed E-state index contributed by atoms with van der Waals surface area (Å²) in [6, 6.07) is 14.8. The molecule has 3 aromatic heterocycles. The second kappa shape index (κ2) is 12.6. The van der Waals surface area contributed by atoms with Crippen molar-refractivity contribution in [3.8, 4) is 0 Å². The van der Waals surface area contributed by atoms with E-state index in [0.29, 0.717) is 59.6 Å². The summed E-state index contributed by atoms with van der Waals surface area (Å²) in [7, 11) is 0. The lowest BCUT2D eigenvalue weighted by Gasteiger charge is -2.43. The van der Waals surface area contributed by atoms with Gasteiger partial charge in [0.2, 0.25) is 0 Å². The summed E-state index contributed by atoms with van der Waals surface area (Å²) in [5.74, 6) is 0. The topological polar surface area (TPSA) is 134 Å². The number of benzene rings is 2. The van der Waals surface area contributed by atoms with Gasteiger partial charge in [0.1, 0.15) is 16.8 Å². The van der Waals surface area contributed by atoms with Crippen LogP contribution in [0.3, 0.4) is 0 Å². The number of nitrogens with zero attached hydrogens (tertiary/aromatic N) is 8. The Labute approximate surface area is 270 Å². The SMILES string of the molecule is CC(C)(C)OC(=O)N1CCN([C@H](c2ccccc2Cl)[C@H](c2ccccc2Cl)n2cc(Cn3cnc(=N)c4[nH]cnc43)nn2)CC1. The highest BCUT2D eigenvalue weighted by molar-refractivity contribution is 6.31. The van der Waals surface area contributed by atoms with E-state index in [-0.39, 0.29) is 17.6 Å². The number of H-pyrrole nitrogens is 1. The summed E-state index contributed by atoms with van der Waals surface area (Å²) in [6.07, 6.45) is 4.69. The summed E-state index contributed by atoms with van der Waals surface area (Å²) in [5.41, 5.74) is 3.14. The Morgan fingerprint density at radius 1 is 0.978 bits per heavy atom. The maximum Gasteiger partial charge on any atom is 0.410 e. The lowest BCUT2D eigenvalue weighted by molar-refractivity contribution is 0.00757. The van der Waals surface area contributed by atoms with Crippen molar-refractivity contribution in [2.24, 2.45) is 0 Å². The Morgan fingerprint density at radius 2 is 1.62 bits per heavy atom. The molecule has 0 spiro atoms. The standard InChI is InChI=1S/C31H34Cl2N10O2/c1-31(2,3)45-30(44)41-14-12-40(13-15-41)26(21-8-4-6-10-23(21)32)27(22-9-5-7-11-24(22)33)43-17-20(38-39-43)16-42-19-37-28(34)25-29(42)36-18-35-25/h4-11,17-19,26-27,34H,12-16H2,1-3H3,(H,35,36)/t26-,27+/m1/s1. The van der Waals surface area contributed by atoms with E-state index in [1.54, 1.807) is 17.6 Å². The number of carbonyl (C=O) groups excluding carboxylic acids is 1. The van der Waals surface area contributed by atoms with Crippen LogP contribution in [-0.4, -0.2) is 82.2 Å². The number of nitrogens with one attached hydrogen (secondary N) is 2. The van der Waals surface area contributed by atoms with Crippen molar-refractivity contribution in [1.82, 2.24) is 44.3 Å². The van der Waals surface area contributed by atoms with Crippen LogP contribution in [0.1, 0.15) is 49.7 Å². The van der Waals surface area contributed by atoms with Gasteiger partial charge in [-0.3, -0.25) is 10.3 Å². The van der Waals surface area contributed by atoms with Gasteiger partial charge in [-0.1, -0.05) is 64.8 Å². The van der Waals surface area contributed by atoms with Crippen LogP contribution in [0.2, 0.25) is 10.0 Å². The molecular weight excluding hydrogens is 615 g/mol. The van der Waals surface area contributed by atoms with E-state index in [0.717, 1.165) is 11.1 Å². The van der Waals surface area contributed by atoms with Gasteiger partial charge in [-0.25, -0.2) is 19.4 Å². The number of hydrogen-bond donors (Lipinski definition) is 2. The zero-order valence-electron chi connectivity index (χ0n) is 25.2. The molecule has 2 N–H and O–H groups in total. The van der Waals surface area contributed by atoms with Crippen molar-refractivity contribution in [2.45, 2.75) is 45.0 Å². The first kappa shape index (κ1) is 30.8. The third-order valence-electron chi connectivity index (χ3n) is 7.74. The van der Waals surface area contributed by atoms with Crippen LogP contribution >= 0.6 is 23.2 Å². The molecule has 1 amide bonds. The molecule has 12 nitrogen and oxygen atoms in total. The van der Waals surface area contributed by atoms with Crippen molar-refractivity contribution >= 4 is 40.5 Å². The van der Waals surface area contributed by atoms with Gasteiger partial charge in [0.05, 0.1) is 37.5 Å². The molecule has 0 unspecified atom stereocenters. The number of rotatable bonds is 7. The van der Waals surface area contributed by atoms with E-state index in [2.05, 4.69) is 30.2 Å². The Kier molecular flexibility index (Phi) is 8.63. The smallest absolute Gasteiger partial charge is 0.410 e. The number of carbonyl (C=O) groups is 1. The van der Waals surface area contributed by atoms with E-state index in [9.17, 15) is 4.79 Å². The highest BCUT2D eigenvalue weighted by Gasteiger charge is 2.37. The van der Waals surface area contributed by atoms with Crippen LogP contribution in [0, 0.1) is 5.41 Å². The average Bonchev–Trinajstić information content (AvgIpc) is 3.69. The Hall–Kier alpha value is -4.26. The maximum atomic E-state index is 12.9. The molecule has 5 aromatic rings. The summed E-state index contributed by atoms with van der Waals surface area (Å²) in [5, 5.41) is 18.4. The number of halogens is 2. The average molecular weight is 650 g/mol. The molecule has 2 atom stereocenters. The van der Waals surface area contributed by atoms with Gasteiger partial charge in [0, 0.05) is 36.2 Å². The van der Waals surface area contributed by atoms with Crippen LogP contribution in [0.15, 0.2) is 67.4 Å². The molecule has 0 radical (unpaired) electrons. The minimum Gasteiger partial charge on any atom is -0.444 e. The largest absolute Gasteiger partial charge is 0.444 e. The van der Waals surface area contributed by atoms with Crippen LogP contribution in [0.5, 0.6) is 0 Å². The molecule has 1 aliphatic rings. The number of amides is 1. The van der Waals surface area contributed by atoms with Gasteiger partial charge in [-0.05, 0) is 44.0 Å². The molecule has 1 saturated heterocycles. The molecule has 234 valence electrons. The van der Waals surface area contributed by atoms with Gasteiger partial charge in [0.15, 0.2) is 11.1 Å². The normalized spacial score (nSPS) is 15.7. The summed E-state index contributed by atoms with van der Waals surface area (Å²) < 4.78 is 9.30. The summed E-state index contributed by atoms with van der Waals surface area (Å²) in [4.78, 5) is 28.5. The molecular formula is C31H34Cl2N10O2. The maximum absolute atomic E-state index is 12.9. The molecule has 1 aliphatic heterocycles. The Bertz CT molecular complexity index is 1870. The monoisotopic (exact) mass is 648 g/mol. The molecule has 45 heavy (non-hydrogen) atoms. The van der Waals surface area contributed by atoms with E-state index < -0.39 is 11.6 Å². The number of imidazole rings is 1. The zero-order chi connectivity index (χ0) is 31.7. The van der Waals surface area contributed by atoms with E-state index in [1.165, 1.54) is 0 Å². The van der Waals surface area contributed by atoms with Crippen LogP contribution in [0.25, 0.3) is 11.2 Å². The fraction of sp³-hybridized carbons (Fsp3) is 0.355. The molecule has 1 fully saturated rings. The van der Waals surface area contributed by atoms with Crippen molar-refractivity contribution < 1.29 is 9.53 Å². The van der Waals surface area contributed by atoms with E-state index in [1.807, 2.05) is 84.7 Å². The van der Waals surface area contributed by atoms with Gasteiger partial charge in [0.25, 0.3) is 0 Å². The number of ether oxygens (including phenoxy) is 1. The van der Waals surface area contributed by atoms with Gasteiger partial charge >= 0.3 is 6.09 Å². The van der Waals surface area contributed by atoms with E-state index in [4.69, 9.17) is 33.3 Å². The second-order valence-electron chi connectivity index (χ2n) is 11.9. The van der Waals surface area contributed by atoms with Crippen molar-refractivity contribution in [3.05, 3.63) is 99.7 Å².